The fraction of sp³-hybridized carbons (Fsp3) is 0.200. The number of halogens is 2. The van der Waals surface area contributed by atoms with Crippen molar-refractivity contribution in [1.29, 1.82) is 0 Å². The summed E-state index contributed by atoms with van der Waals surface area (Å²) in [4.78, 5) is 0.0745. The smallest absolute Gasteiger partial charge is 0.265 e. The summed E-state index contributed by atoms with van der Waals surface area (Å²) >= 11 is 11.8. The van der Waals surface area contributed by atoms with Crippen molar-refractivity contribution in [2.75, 3.05) is 11.3 Å². The Kier molecular flexibility index (Phi) is 5.21. The Balaban J connectivity index is 2.44. The number of sulfonamides is 1. The van der Waals surface area contributed by atoms with E-state index in [2.05, 4.69) is 4.72 Å². The maximum Gasteiger partial charge on any atom is 0.265 e. The Morgan fingerprint density at radius 2 is 1.73 bits per heavy atom. The van der Waals surface area contributed by atoms with Crippen LogP contribution in [0.4, 0.5) is 5.69 Å². The van der Waals surface area contributed by atoms with Crippen LogP contribution in [-0.2, 0) is 10.0 Å². The van der Waals surface area contributed by atoms with Crippen LogP contribution in [0.5, 0.6) is 5.75 Å². The molecule has 0 spiro atoms. The number of ether oxygens (including phenoxy) is 1. The maximum absolute atomic E-state index is 12.6. The van der Waals surface area contributed by atoms with Crippen LogP contribution in [0, 0.1) is 6.92 Å². The molecule has 0 aliphatic rings. The third-order valence-electron chi connectivity index (χ3n) is 2.80. The maximum atomic E-state index is 12.6. The van der Waals surface area contributed by atoms with Gasteiger partial charge in [0.25, 0.3) is 10.0 Å². The predicted molar refractivity (Wildman–Crippen MR) is 89.6 cm³/mol. The second-order valence-corrected chi connectivity index (χ2v) is 7.17. The first-order valence-corrected chi connectivity index (χ1v) is 8.78. The molecule has 2 aromatic carbocycles. The van der Waals surface area contributed by atoms with Crippen molar-refractivity contribution in [3.05, 3.63) is 52.0 Å². The summed E-state index contributed by atoms with van der Waals surface area (Å²) in [5, 5.41) is 0.693. The standard InChI is InChI=1S/C15H15Cl2NO3S/c1-3-21-14-5-4-10(2)6-15(14)22(19,20)18-13-8-11(16)7-12(17)9-13/h4-9,18H,3H2,1-2H3. The number of aryl methyl sites for hydroxylation is 1. The molecule has 1 N–H and O–H groups in total. The normalized spacial score (nSPS) is 11.3. The number of hydrogen-bond acceptors (Lipinski definition) is 3. The Morgan fingerprint density at radius 3 is 2.32 bits per heavy atom. The van der Waals surface area contributed by atoms with Gasteiger partial charge in [0, 0.05) is 10.0 Å². The number of anilines is 1. The second-order valence-electron chi connectivity index (χ2n) is 4.65. The molecule has 2 aromatic rings. The van der Waals surface area contributed by atoms with Gasteiger partial charge in [-0.15, -0.1) is 0 Å². The van der Waals surface area contributed by atoms with Crippen LogP contribution in [0.15, 0.2) is 41.3 Å². The summed E-state index contributed by atoms with van der Waals surface area (Å²) in [5.41, 5.74) is 1.11. The molecule has 4 nitrogen and oxygen atoms in total. The van der Waals surface area contributed by atoms with Gasteiger partial charge < -0.3 is 4.74 Å². The van der Waals surface area contributed by atoms with Crippen LogP contribution in [0.1, 0.15) is 12.5 Å². The van der Waals surface area contributed by atoms with Crippen LogP contribution in [0.2, 0.25) is 10.0 Å². The zero-order valence-corrected chi connectivity index (χ0v) is 14.4. The minimum atomic E-state index is -3.81. The topological polar surface area (TPSA) is 55.4 Å². The van der Waals surface area contributed by atoms with Crippen molar-refractivity contribution in [2.24, 2.45) is 0 Å². The van der Waals surface area contributed by atoms with Crippen molar-refractivity contribution >= 4 is 38.9 Å². The molecule has 2 rings (SSSR count). The lowest BCUT2D eigenvalue weighted by atomic mass is 10.2. The zero-order valence-electron chi connectivity index (χ0n) is 12.1. The first-order valence-electron chi connectivity index (χ1n) is 6.54. The molecular formula is C15H15Cl2NO3S. The Hall–Kier alpha value is -1.43. The first-order chi connectivity index (χ1) is 10.3. The lowest BCUT2D eigenvalue weighted by Gasteiger charge is -2.13. The number of benzene rings is 2. The van der Waals surface area contributed by atoms with Crippen LogP contribution in [0.25, 0.3) is 0 Å². The molecule has 22 heavy (non-hydrogen) atoms. The lowest BCUT2D eigenvalue weighted by Crippen LogP contribution is -2.14. The van der Waals surface area contributed by atoms with Crippen molar-refractivity contribution in [3.63, 3.8) is 0 Å². The Morgan fingerprint density at radius 1 is 1.09 bits per heavy atom. The predicted octanol–water partition coefficient (Wildman–Crippen LogP) is 4.50. The van der Waals surface area contributed by atoms with Crippen molar-refractivity contribution in [3.8, 4) is 5.75 Å². The van der Waals surface area contributed by atoms with Gasteiger partial charge in [0.1, 0.15) is 10.6 Å². The van der Waals surface area contributed by atoms with E-state index in [1.165, 1.54) is 18.2 Å². The molecular weight excluding hydrogens is 345 g/mol. The SMILES string of the molecule is CCOc1ccc(C)cc1S(=O)(=O)Nc1cc(Cl)cc(Cl)c1. The molecule has 7 heteroatoms. The van der Waals surface area contributed by atoms with Crippen molar-refractivity contribution in [2.45, 2.75) is 18.7 Å². The molecule has 0 saturated carbocycles. The summed E-state index contributed by atoms with van der Waals surface area (Å²) in [5.74, 6) is 0.300. The average molecular weight is 360 g/mol. The van der Waals surface area contributed by atoms with E-state index in [-0.39, 0.29) is 4.90 Å². The molecule has 0 heterocycles. The molecule has 0 aromatic heterocycles. The van der Waals surface area contributed by atoms with Gasteiger partial charge >= 0.3 is 0 Å². The van der Waals surface area contributed by atoms with E-state index in [0.717, 1.165) is 5.56 Å². The van der Waals surface area contributed by atoms with E-state index in [0.29, 0.717) is 28.1 Å². The summed E-state index contributed by atoms with van der Waals surface area (Å²) in [6, 6.07) is 9.49. The number of hydrogen-bond donors (Lipinski definition) is 1. The third kappa shape index (κ3) is 4.06. The summed E-state index contributed by atoms with van der Waals surface area (Å²) in [6.07, 6.45) is 0. The molecule has 0 atom stereocenters. The summed E-state index contributed by atoms with van der Waals surface area (Å²) in [7, 11) is -3.81. The quantitative estimate of drug-likeness (QED) is 0.854. The minimum Gasteiger partial charge on any atom is -0.492 e. The Labute approximate surface area is 140 Å². The molecule has 0 fully saturated rings. The molecule has 0 unspecified atom stereocenters. The van der Waals surface area contributed by atoms with E-state index in [1.54, 1.807) is 25.1 Å². The highest BCUT2D eigenvalue weighted by molar-refractivity contribution is 7.92. The van der Waals surface area contributed by atoms with Gasteiger partial charge in [0.2, 0.25) is 0 Å². The van der Waals surface area contributed by atoms with Gasteiger partial charge in [-0.25, -0.2) is 8.42 Å². The van der Waals surface area contributed by atoms with Gasteiger partial charge in [-0.3, -0.25) is 4.72 Å². The van der Waals surface area contributed by atoms with E-state index < -0.39 is 10.0 Å². The van der Waals surface area contributed by atoms with E-state index >= 15 is 0 Å². The van der Waals surface area contributed by atoms with Crippen LogP contribution >= 0.6 is 23.2 Å². The van der Waals surface area contributed by atoms with Crippen LogP contribution in [0.3, 0.4) is 0 Å². The largest absolute Gasteiger partial charge is 0.492 e. The van der Waals surface area contributed by atoms with E-state index in [9.17, 15) is 8.42 Å². The first kappa shape index (κ1) is 16.9. The average Bonchev–Trinajstić information content (AvgIpc) is 2.39. The summed E-state index contributed by atoms with van der Waals surface area (Å²) < 4.78 is 33.0. The van der Waals surface area contributed by atoms with E-state index in [1.807, 2.05) is 6.92 Å². The second kappa shape index (κ2) is 6.77. The molecule has 0 amide bonds. The molecule has 0 bridgehead atoms. The van der Waals surface area contributed by atoms with Crippen LogP contribution in [-0.4, -0.2) is 15.0 Å². The van der Waals surface area contributed by atoms with Gasteiger partial charge in [0.05, 0.1) is 12.3 Å². The zero-order chi connectivity index (χ0) is 16.3. The van der Waals surface area contributed by atoms with Crippen molar-refractivity contribution < 1.29 is 13.2 Å². The van der Waals surface area contributed by atoms with Gasteiger partial charge in [0.15, 0.2) is 0 Å². The number of rotatable bonds is 5. The Bertz CT molecular complexity index is 771. The van der Waals surface area contributed by atoms with Crippen molar-refractivity contribution in [1.82, 2.24) is 0 Å². The van der Waals surface area contributed by atoms with Gasteiger partial charge in [-0.1, -0.05) is 29.3 Å². The van der Waals surface area contributed by atoms with Crippen LogP contribution < -0.4 is 9.46 Å². The fourth-order valence-corrected chi connectivity index (χ4v) is 3.72. The minimum absolute atomic E-state index is 0.0745. The molecule has 0 aliphatic heterocycles. The monoisotopic (exact) mass is 359 g/mol. The number of nitrogens with one attached hydrogen (secondary N) is 1. The molecule has 118 valence electrons. The molecule has 0 radical (unpaired) electrons. The highest BCUT2D eigenvalue weighted by Crippen LogP contribution is 2.29. The van der Waals surface area contributed by atoms with Gasteiger partial charge in [-0.2, -0.15) is 0 Å². The highest BCUT2D eigenvalue weighted by Gasteiger charge is 2.20. The van der Waals surface area contributed by atoms with Gasteiger partial charge in [-0.05, 0) is 49.7 Å². The molecule has 0 saturated heterocycles. The third-order valence-corrected chi connectivity index (χ3v) is 4.64. The fourth-order valence-electron chi connectivity index (χ4n) is 1.92. The van der Waals surface area contributed by atoms with E-state index in [4.69, 9.17) is 27.9 Å². The molecule has 0 aliphatic carbocycles. The lowest BCUT2D eigenvalue weighted by molar-refractivity contribution is 0.331. The highest BCUT2D eigenvalue weighted by atomic mass is 35.5. The summed E-state index contributed by atoms with van der Waals surface area (Å²) in [6.45, 7) is 3.97.